The maximum Gasteiger partial charge on any atom is 0.294 e. The Balaban J connectivity index is 1.24. The highest BCUT2D eigenvalue weighted by Crippen LogP contribution is 2.47. The van der Waals surface area contributed by atoms with Crippen molar-refractivity contribution >= 4 is 98.3 Å². The van der Waals surface area contributed by atoms with Gasteiger partial charge < -0.3 is 0 Å². The molecule has 0 aromatic heterocycles. The van der Waals surface area contributed by atoms with E-state index in [1.54, 1.807) is 48.5 Å². The van der Waals surface area contributed by atoms with Crippen molar-refractivity contribution in [2.45, 2.75) is 9.79 Å². The molecule has 0 radical (unpaired) electrons. The Hall–Kier alpha value is -6.06. The first-order valence-electron chi connectivity index (χ1n) is 14.9. The fourth-order valence-corrected chi connectivity index (χ4v) is 8.29. The Morgan fingerprint density at radius 2 is 0.780 bits per heavy atom. The molecule has 2 aliphatic heterocycles. The fraction of sp³-hybridized carbons (Fsp3) is 0. The summed E-state index contributed by atoms with van der Waals surface area (Å²) < 4.78 is 65.6. The smallest absolute Gasteiger partial charge is 0.282 e. The third-order valence-corrected chi connectivity index (χ3v) is 11.1. The van der Waals surface area contributed by atoms with E-state index in [9.17, 15) is 45.1 Å². The van der Waals surface area contributed by atoms with Gasteiger partial charge in [-0.05, 0) is 99.0 Å². The van der Waals surface area contributed by atoms with Gasteiger partial charge in [0.2, 0.25) is 0 Å². The first kappa shape index (κ1) is 30.0. The van der Waals surface area contributed by atoms with E-state index >= 15 is 0 Å². The molecule has 0 saturated heterocycles. The number of anilines is 2. The zero-order chi connectivity index (χ0) is 35.0. The second kappa shape index (κ2) is 9.77. The molecular weight excluding hydrogens is 685 g/mol. The number of rotatable bonds is 4. The maximum atomic E-state index is 13.9. The van der Waals surface area contributed by atoms with E-state index in [1.807, 2.05) is 0 Å². The summed E-state index contributed by atoms with van der Waals surface area (Å²) in [6, 6.07) is 22.9. The van der Waals surface area contributed by atoms with Crippen LogP contribution in [0.15, 0.2) is 107 Å². The molecule has 0 unspecified atom stereocenters. The number of carbonyl (C=O) groups is 4. The molecule has 50 heavy (non-hydrogen) atoms. The van der Waals surface area contributed by atoms with Crippen LogP contribution in [0.4, 0.5) is 11.4 Å². The standard InChI is InChI=1S/C36H18N2O10S2/c39-33-25-12-8-21-23-10-14-27-32-28(36(42)38(35(27)41)18-2-1-3-20(16-18)50(46,47)48)15-11-24(30(23)32)22-9-13-26(31(25)29(21)22)34(40)37(33)17-4-6-19(7-5-17)49(43,44)45/h1-16H,(H,43,44,45)(H,46,47,48). The number of hydrogen-bond acceptors (Lipinski definition) is 8. The molecule has 12 nitrogen and oxygen atoms in total. The molecule has 0 saturated carbocycles. The Morgan fingerprint density at radius 1 is 0.400 bits per heavy atom. The molecule has 0 atom stereocenters. The van der Waals surface area contributed by atoms with E-state index in [0.29, 0.717) is 43.1 Å². The zero-order valence-electron chi connectivity index (χ0n) is 25.1. The molecule has 14 heteroatoms. The van der Waals surface area contributed by atoms with Crippen LogP contribution >= 0.6 is 0 Å². The van der Waals surface area contributed by atoms with Gasteiger partial charge in [-0.1, -0.05) is 30.3 Å². The molecule has 7 aromatic rings. The van der Waals surface area contributed by atoms with Crippen molar-refractivity contribution in [3.8, 4) is 0 Å². The topological polar surface area (TPSA) is 184 Å². The molecular formula is C36H18N2O10S2. The Bertz CT molecular complexity index is 2890. The van der Waals surface area contributed by atoms with Crippen LogP contribution in [-0.2, 0) is 20.2 Å². The lowest BCUT2D eigenvalue weighted by Gasteiger charge is -2.30. The lowest BCUT2D eigenvalue weighted by atomic mass is 9.82. The van der Waals surface area contributed by atoms with E-state index in [1.165, 1.54) is 24.3 Å². The van der Waals surface area contributed by atoms with Crippen molar-refractivity contribution in [1.82, 2.24) is 0 Å². The summed E-state index contributed by atoms with van der Waals surface area (Å²) >= 11 is 0. The number of carbonyl (C=O) groups excluding carboxylic acids is 4. The Kier molecular flexibility index (Phi) is 5.87. The van der Waals surface area contributed by atoms with Crippen LogP contribution in [0.2, 0.25) is 0 Å². The number of amides is 4. The van der Waals surface area contributed by atoms with Crippen molar-refractivity contribution in [2.24, 2.45) is 0 Å². The fourth-order valence-electron chi connectivity index (χ4n) is 7.29. The minimum Gasteiger partial charge on any atom is -0.282 e. The summed E-state index contributed by atoms with van der Waals surface area (Å²) in [5, 5.41) is 4.77. The molecule has 244 valence electrons. The Morgan fingerprint density at radius 3 is 1.16 bits per heavy atom. The third kappa shape index (κ3) is 3.92. The van der Waals surface area contributed by atoms with Gasteiger partial charge >= 0.3 is 0 Å². The van der Waals surface area contributed by atoms with E-state index in [-0.39, 0.29) is 33.6 Å². The second-order valence-corrected chi connectivity index (χ2v) is 14.8. The van der Waals surface area contributed by atoms with Crippen molar-refractivity contribution in [3.63, 3.8) is 0 Å². The van der Waals surface area contributed by atoms with Gasteiger partial charge in [-0.15, -0.1) is 0 Å². The molecule has 0 fully saturated rings. The molecule has 0 aliphatic carbocycles. The minimum absolute atomic E-state index is 0.0310. The van der Waals surface area contributed by atoms with Crippen molar-refractivity contribution in [1.29, 1.82) is 0 Å². The number of fused-ring (bicyclic) bond motifs is 2. The average molecular weight is 703 g/mol. The predicted molar refractivity (Wildman–Crippen MR) is 182 cm³/mol. The van der Waals surface area contributed by atoms with E-state index in [2.05, 4.69) is 0 Å². The first-order chi connectivity index (χ1) is 23.8. The van der Waals surface area contributed by atoms with Crippen LogP contribution in [0.5, 0.6) is 0 Å². The molecule has 2 heterocycles. The highest BCUT2D eigenvalue weighted by molar-refractivity contribution is 7.86. The summed E-state index contributed by atoms with van der Waals surface area (Å²) in [5.41, 5.74) is 0.961. The molecule has 2 N–H and O–H groups in total. The van der Waals surface area contributed by atoms with Crippen LogP contribution in [0.25, 0.3) is 43.1 Å². The number of imide groups is 2. The van der Waals surface area contributed by atoms with Gasteiger partial charge in [-0.25, -0.2) is 9.80 Å². The second-order valence-electron chi connectivity index (χ2n) is 12.0. The summed E-state index contributed by atoms with van der Waals surface area (Å²) in [7, 11) is -9.10. The SMILES string of the molecule is O=C1c2ccc3c4ccc5c6c(ccc(c7ccc(c2c37)C(=O)N1c1ccc(S(=O)(=O)O)cc1)c64)C(=O)N(c1cccc(S(=O)(=O)O)c1)C5=O. The monoisotopic (exact) mass is 702 g/mol. The van der Waals surface area contributed by atoms with Gasteiger partial charge in [0.1, 0.15) is 0 Å². The van der Waals surface area contributed by atoms with Crippen LogP contribution in [0.1, 0.15) is 41.4 Å². The Labute approximate surface area is 281 Å². The van der Waals surface area contributed by atoms with E-state index in [4.69, 9.17) is 0 Å². The predicted octanol–water partition coefficient (Wildman–Crippen LogP) is 5.83. The van der Waals surface area contributed by atoms with E-state index < -0.39 is 53.7 Å². The van der Waals surface area contributed by atoms with Gasteiger partial charge in [0.15, 0.2) is 0 Å². The lowest BCUT2D eigenvalue weighted by molar-refractivity contribution is 0.0877. The van der Waals surface area contributed by atoms with Crippen molar-refractivity contribution < 1.29 is 45.1 Å². The molecule has 7 aromatic carbocycles. The highest BCUT2D eigenvalue weighted by atomic mass is 32.2. The maximum absolute atomic E-state index is 13.9. The summed E-state index contributed by atoms with van der Waals surface area (Å²) in [6.07, 6.45) is 0. The number of hydrogen-bond donors (Lipinski definition) is 2. The molecule has 0 bridgehead atoms. The zero-order valence-corrected chi connectivity index (χ0v) is 26.7. The van der Waals surface area contributed by atoms with Crippen LogP contribution in [0, 0.1) is 0 Å². The number of nitrogens with zero attached hydrogens (tertiary/aromatic N) is 2. The van der Waals surface area contributed by atoms with Gasteiger partial charge in [0.05, 0.1) is 21.2 Å². The molecule has 9 rings (SSSR count). The normalized spacial score (nSPS) is 15.0. The van der Waals surface area contributed by atoms with Crippen LogP contribution < -0.4 is 9.80 Å². The average Bonchev–Trinajstić information content (AvgIpc) is 3.08. The quantitative estimate of drug-likeness (QED) is 0.0979. The van der Waals surface area contributed by atoms with Crippen LogP contribution in [0.3, 0.4) is 0 Å². The van der Waals surface area contributed by atoms with Crippen molar-refractivity contribution in [2.75, 3.05) is 9.80 Å². The third-order valence-electron chi connectivity index (χ3n) is 9.40. The summed E-state index contributed by atoms with van der Waals surface area (Å²) in [6.45, 7) is 0. The van der Waals surface area contributed by atoms with Gasteiger partial charge in [0.25, 0.3) is 43.9 Å². The largest absolute Gasteiger partial charge is 0.294 e. The lowest BCUT2D eigenvalue weighted by Crippen LogP contribution is -2.40. The molecule has 4 amide bonds. The van der Waals surface area contributed by atoms with Crippen LogP contribution in [-0.4, -0.2) is 49.6 Å². The molecule has 0 spiro atoms. The van der Waals surface area contributed by atoms with Gasteiger partial charge in [-0.3, -0.25) is 28.3 Å². The summed E-state index contributed by atoms with van der Waals surface area (Å²) in [5.74, 6) is -2.63. The van der Waals surface area contributed by atoms with Gasteiger partial charge in [0, 0.05) is 33.0 Å². The minimum atomic E-state index is -4.61. The first-order valence-corrected chi connectivity index (χ1v) is 17.8. The molecule has 2 aliphatic rings. The van der Waals surface area contributed by atoms with E-state index in [0.717, 1.165) is 34.1 Å². The number of benzene rings is 7. The summed E-state index contributed by atoms with van der Waals surface area (Å²) in [4.78, 5) is 56.6. The van der Waals surface area contributed by atoms with Crippen molar-refractivity contribution in [3.05, 3.63) is 119 Å². The van der Waals surface area contributed by atoms with Gasteiger partial charge in [-0.2, -0.15) is 16.8 Å². The highest BCUT2D eigenvalue weighted by Gasteiger charge is 2.38.